The molecule has 0 radical (unpaired) electrons. The quantitative estimate of drug-likeness (QED) is 0.822. The van der Waals surface area contributed by atoms with Gasteiger partial charge in [0, 0.05) is 24.0 Å². The van der Waals surface area contributed by atoms with Crippen molar-refractivity contribution in [1.82, 2.24) is 9.88 Å². The highest BCUT2D eigenvalue weighted by Gasteiger charge is 2.10. The predicted molar refractivity (Wildman–Crippen MR) is 83.8 cm³/mol. The van der Waals surface area contributed by atoms with Crippen molar-refractivity contribution < 1.29 is 14.9 Å². The number of aromatic hydroxyl groups is 1. The number of benzene rings is 1. The van der Waals surface area contributed by atoms with Crippen LogP contribution in [0.25, 0.3) is 10.6 Å². The summed E-state index contributed by atoms with van der Waals surface area (Å²) in [6, 6.07) is 5.22. The number of aliphatic hydroxyl groups is 1. The number of phenols is 1. The third-order valence-electron chi connectivity index (χ3n) is 3.23. The monoisotopic (exact) mass is 308 g/mol. The summed E-state index contributed by atoms with van der Waals surface area (Å²) in [7, 11) is 1.53. The smallest absolute Gasteiger partial charge is 0.161 e. The lowest BCUT2D eigenvalue weighted by molar-refractivity contribution is 0.195. The van der Waals surface area contributed by atoms with Crippen LogP contribution in [0.5, 0.6) is 11.5 Å². The number of ether oxygens (including phenoxy) is 1. The lowest BCUT2D eigenvalue weighted by atomic mass is 10.2. The van der Waals surface area contributed by atoms with E-state index in [0.29, 0.717) is 12.3 Å². The summed E-state index contributed by atoms with van der Waals surface area (Å²) in [5.74, 6) is 0.567. The van der Waals surface area contributed by atoms with Gasteiger partial charge in [-0.1, -0.05) is 6.92 Å². The van der Waals surface area contributed by atoms with Crippen molar-refractivity contribution in [3.8, 4) is 22.1 Å². The third kappa shape index (κ3) is 3.93. The second-order valence-electron chi connectivity index (χ2n) is 4.62. The molecule has 0 saturated carbocycles. The van der Waals surface area contributed by atoms with Gasteiger partial charge >= 0.3 is 0 Å². The van der Waals surface area contributed by atoms with Crippen LogP contribution in [0.2, 0.25) is 0 Å². The SMILES string of the molecule is CCN(CCO)Cc1csc(-c2ccc(O)c(OC)c2)n1. The van der Waals surface area contributed by atoms with Gasteiger partial charge in [-0.3, -0.25) is 4.90 Å². The first-order chi connectivity index (χ1) is 10.2. The molecule has 0 spiro atoms. The topological polar surface area (TPSA) is 65.8 Å². The zero-order chi connectivity index (χ0) is 15.2. The van der Waals surface area contributed by atoms with Crippen LogP contribution in [-0.4, -0.2) is 46.9 Å². The first-order valence-electron chi connectivity index (χ1n) is 6.83. The molecule has 2 aromatic rings. The molecule has 0 atom stereocenters. The number of nitrogens with zero attached hydrogens (tertiary/aromatic N) is 2. The van der Waals surface area contributed by atoms with E-state index in [4.69, 9.17) is 9.84 Å². The molecule has 6 heteroatoms. The van der Waals surface area contributed by atoms with Crippen LogP contribution in [0, 0.1) is 0 Å². The fourth-order valence-electron chi connectivity index (χ4n) is 2.04. The molecule has 0 bridgehead atoms. The second-order valence-corrected chi connectivity index (χ2v) is 5.48. The summed E-state index contributed by atoms with van der Waals surface area (Å²) in [4.78, 5) is 6.75. The van der Waals surface area contributed by atoms with Gasteiger partial charge in [0.15, 0.2) is 11.5 Å². The molecule has 1 heterocycles. The highest BCUT2D eigenvalue weighted by molar-refractivity contribution is 7.13. The highest BCUT2D eigenvalue weighted by Crippen LogP contribution is 2.32. The average molecular weight is 308 g/mol. The fourth-order valence-corrected chi connectivity index (χ4v) is 2.85. The molecule has 0 aliphatic heterocycles. The van der Waals surface area contributed by atoms with Crippen LogP contribution < -0.4 is 4.74 Å². The van der Waals surface area contributed by atoms with Crippen LogP contribution in [0.1, 0.15) is 12.6 Å². The molecule has 5 nitrogen and oxygen atoms in total. The minimum Gasteiger partial charge on any atom is -0.504 e. The van der Waals surface area contributed by atoms with E-state index in [1.807, 2.05) is 11.4 Å². The predicted octanol–water partition coefficient (Wildman–Crippen LogP) is 2.34. The Balaban J connectivity index is 2.15. The van der Waals surface area contributed by atoms with E-state index in [2.05, 4.69) is 16.8 Å². The maximum absolute atomic E-state index is 9.62. The van der Waals surface area contributed by atoms with Crippen molar-refractivity contribution in [3.63, 3.8) is 0 Å². The Bertz CT molecular complexity index is 586. The molecular weight excluding hydrogens is 288 g/mol. The lowest BCUT2D eigenvalue weighted by Crippen LogP contribution is -2.26. The standard InChI is InChI=1S/C15H20N2O3S/c1-3-17(6-7-18)9-12-10-21-15(16-12)11-4-5-13(19)14(8-11)20-2/h4-5,8,10,18-19H,3,6-7,9H2,1-2H3. The normalized spacial score (nSPS) is 11.0. The molecule has 114 valence electrons. The van der Waals surface area contributed by atoms with Gasteiger partial charge in [0.25, 0.3) is 0 Å². The van der Waals surface area contributed by atoms with Crippen molar-refractivity contribution in [2.45, 2.75) is 13.5 Å². The van der Waals surface area contributed by atoms with Gasteiger partial charge in [0.2, 0.25) is 0 Å². The summed E-state index contributed by atoms with van der Waals surface area (Å²) in [6.45, 7) is 4.47. The molecule has 2 N–H and O–H groups in total. The molecule has 1 aromatic heterocycles. The van der Waals surface area contributed by atoms with Crippen molar-refractivity contribution in [3.05, 3.63) is 29.3 Å². The van der Waals surface area contributed by atoms with Crippen LogP contribution >= 0.6 is 11.3 Å². The Kier molecular flexibility index (Phi) is 5.55. The number of aromatic nitrogens is 1. The molecule has 0 amide bonds. The Morgan fingerprint density at radius 2 is 2.19 bits per heavy atom. The van der Waals surface area contributed by atoms with E-state index in [-0.39, 0.29) is 12.4 Å². The Morgan fingerprint density at radius 1 is 1.38 bits per heavy atom. The average Bonchev–Trinajstić information content (AvgIpc) is 2.95. The first kappa shape index (κ1) is 15.8. The zero-order valence-electron chi connectivity index (χ0n) is 12.2. The van der Waals surface area contributed by atoms with Crippen LogP contribution in [-0.2, 0) is 6.54 Å². The largest absolute Gasteiger partial charge is 0.504 e. The van der Waals surface area contributed by atoms with Crippen LogP contribution in [0.15, 0.2) is 23.6 Å². The van der Waals surface area contributed by atoms with Gasteiger partial charge in [0.1, 0.15) is 5.01 Å². The number of aliphatic hydroxyl groups excluding tert-OH is 1. The molecule has 0 fully saturated rings. The number of likely N-dealkylation sites (N-methyl/N-ethyl adjacent to an activating group) is 1. The summed E-state index contributed by atoms with van der Waals surface area (Å²) in [5.41, 5.74) is 1.91. The third-order valence-corrected chi connectivity index (χ3v) is 4.17. The van der Waals surface area contributed by atoms with Crippen molar-refractivity contribution in [1.29, 1.82) is 0 Å². The van der Waals surface area contributed by atoms with E-state index in [9.17, 15) is 5.11 Å². The van der Waals surface area contributed by atoms with Gasteiger partial charge in [-0.2, -0.15) is 0 Å². The maximum Gasteiger partial charge on any atom is 0.161 e. The molecule has 0 aliphatic rings. The summed E-state index contributed by atoms with van der Waals surface area (Å²) in [6.07, 6.45) is 0. The van der Waals surface area contributed by atoms with Gasteiger partial charge in [-0.15, -0.1) is 11.3 Å². The van der Waals surface area contributed by atoms with Crippen molar-refractivity contribution >= 4 is 11.3 Å². The molecule has 1 aromatic carbocycles. The summed E-state index contributed by atoms with van der Waals surface area (Å²) in [5, 5.41) is 21.6. The fraction of sp³-hybridized carbons (Fsp3) is 0.400. The van der Waals surface area contributed by atoms with Gasteiger partial charge in [-0.05, 0) is 24.7 Å². The number of phenolic OH excluding ortho intramolecular Hbond substituents is 1. The minimum absolute atomic E-state index is 0.123. The van der Waals surface area contributed by atoms with Gasteiger partial charge in [-0.25, -0.2) is 4.98 Å². The van der Waals surface area contributed by atoms with Crippen LogP contribution in [0.3, 0.4) is 0 Å². The number of rotatable bonds is 7. The molecule has 0 saturated heterocycles. The molecule has 0 unspecified atom stereocenters. The minimum atomic E-state index is 0.123. The molecule has 21 heavy (non-hydrogen) atoms. The van der Waals surface area contributed by atoms with E-state index in [1.54, 1.807) is 23.5 Å². The summed E-state index contributed by atoms with van der Waals surface area (Å²) < 4.78 is 5.12. The Labute approximate surface area is 128 Å². The molecule has 0 aliphatic carbocycles. The van der Waals surface area contributed by atoms with E-state index < -0.39 is 0 Å². The lowest BCUT2D eigenvalue weighted by Gasteiger charge is -2.17. The number of hydrogen-bond donors (Lipinski definition) is 2. The van der Waals surface area contributed by atoms with Gasteiger partial charge in [0.05, 0.1) is 19.4 Å². The maximum atomic E-state index is 9.62. The van der Waals surface area contributed by atoms with Crippen LogP contribution in [0.4, 0.5) is 0 Å². The Hall–Kier alpha value is -1.63. The first-order valence-corrected chi connectivity index (χ1v) is 7.70. The van der Waals surface area contributed by atoms with E-state index in [0.717, 1.165) is 29.4 Å². The van der Waals surface area contributed by atoms with E-state index in [1.165, 1.54) is 7.11 Å². The zero-order valence-corrected chi connectivity index (χ0v) is 13.1. The van der Waals surface area contributed by atoms with Gasteiger partial charge < -0.3 is 14.9 Å². The second kappa shape index (κ2) is 7.40. The van der Waals surface area contributed by atoms with Crippen molar-refractivity contribution in [2.75, 3.05) is 26.8 Å². The number of methoxy groups -OCH3 is 1. The van der Waals surface area contributed by atoms with E-state index >= 15 is 0 Å². The summed E-state index contributed by atoms with van der Waals surface area (Å²) >= 11 is 1.56. The number of hydrogen-bond acceptors (Lipinski definition) is 6. The van der Waals surface area contributed by atoms with Crippen molar-refractivity contribution in [2.24, 2.45) is 0 Å². The highest BCUT2D eigenvalue weighted by atomic mass is 32.1. The molecule has 2 rings (SSSR count). The molecular formula is C15H20N2O3S. The number of thiazole rings is 1. The Morgan fingerprint density at radius 3 is 2.86 bits per heavy atom.